The first-order valence-electron chi connectivity index (χ1n) is 11.6. The van der Waals surface area contributed by atoms with Crippen LogP contribution in [0.1, 0.15) is 24.1 Å². The summed E-state index contributed by atoms with van der Waals surface area (Å²) >= 11 is 0. The molecule has 0 bridgehead atoms. The molecular weight excluding hydrogens is 454 g/mol. The minimum absolute atomic E-state index is 0.205. The van der Waals surface area contributed by atoms with E-state index >= 15 is 0 Å². The zero-order chi connectivity index (χ0) is 25.2. The molecule has 2 N–H and O–H groups in total. The molecule has 0 saturated heterocycles. The molecule has 1 aromatic heterocycles. The van der Waals surface area contributed by atoms with Crippen LogP contribution >= 0.6 is 0 Å². The summed E-state index contributed by atoms with van der Waals surface area (Å²) in [6.45, 7) is 3.91. The van der Waals surface area contributed by atoms with Gasteiger partial charge in [-0.2, -0.15) is 4.98 Å². The predicted molar refractivity (Wildman–Crippen MR) is 139 cm³/mol. The number of nitrogens with one attached hydrogen (secondary N) is 2. The van der Waals surface area contributed by atoms with E-state index in [4.69, 9.17) is 19.6 Å². The van der Waals surface area contributed by atoms with Crippen LogP contribution in [0.3, 0.4) is 0 Å². The standard InChI is InChI=1S/C28H27N5O3/c1-17-9-8-10-19(13-17)25-24(27(34)30-21-11-6-5-7-12-21)18(2)29-28-31-26(32-33(25)28)20-14-22(35-3)16-23(15-20)36-4/h5-16,25H,1-4H3,(H,30,34)(H,29,31,32). The number of para-hydroxylation sites is 1. The van der Waals surface area contributed by atoms with Gasteiger partial charge in [-0.15, -0.1) is 5.10 Å². The van der Waals surface area contributed by atoms with Gasteiger partial charge in [0, 0.05) is 23.0 Å². The number of nitrogens with zero attached hydrogens (tertiary/aromatic N) is 3. The molecule has 0 fully saturated rings. The summed E-state index contributed by atoms with van der Waals surface area (Å²) in [6, 6.07) is 22.5. The number of fused-ring (bicyclic) bond motifs is 1. The van der Waals surface area contributed by atoms with Gasteiger partial charge in [-0.05, 0) is 43.7 Å². The molecule has 8 heteroatoms. The van der Waals surface area contributed by atoms with Crippen molar-refractivity contribution in [3.05, 3.63) is 95.2 Å². The van der Waals surface area contributed by atoms with E-state index in [0.717, 1.165) is 22.4 Å². The Kier molecular flexibility index (Phi) is 6.16. The second kappa shape index (κ2) is 9.58. The Morgan fingerprint density at radius 3 is 2.33 bits per heavy atom. The molecule has 1 unspecified atom stereocenters. The van der Waals surface area contributed by atoms with Crippen molar-refractivity contribution in [1.82, 2.24) is 14.8 Å². The number of allylic oxidation sites excluding steroid dienone is 1. The Bertz CT molecular complexity index is 1440. The molecule has 36 heavy (non-hydrogen) atoms. The highest BCUT2D eigenvalue weighted by atomic mass is 16.5. The van der Waals surface area contributed by atoms with Crippen LogP contribution in [0.25, 0.3) is 11.4 Å². The van der Waals surface area contributed by atoms with E-state index in [9.17, 15) is 4.79 Å². The highest BCUT2D eigenvalue weighted by molar-refractivity contribution is 6.06. The van der Waals surface area contributed by atoms with Gasteiger partial charge < -0.3 is 20.1 Å². The summed E-state index contributed by atoms with van der Waals surface area (Å²) < 4.78 is 12.6. The number of hydrogen-bond donors (Lipinski definition) is 2. The molecule has 182 valence electrons. The molecule has 0 aliphatic carbocycles. The summed E-state index contributed by atoms with van der Waals surface area (Å²) in [5.74, 6) is 2.11. The topological polar surface area (TPSA) is 90.3 Å². The summed E-state index contributed by atoms with van der Waals surface area (Å²) in [7, 11) is 3.20. The van der Waals surface area contributed by atoms with Crippen LogP contribution < -0.4 is 20.1 Å². The quantitative estimate of drug-likeness (QED) is 0.394. The van der Waals surface area contributed by atoms with Gasteiger partial charge in [-0.25, -0.2) is 4.68 Å². The average Bonchev–Trinajstić information content (AvgIpc) is 3.31. The number of aromatic nitrogens is 3. The largest absolute Gasteiger partial charge is 0.497 e. The van der Waals surface area contributed by atoms with E-state index in [2.05, 4.69) is 16.7 Å². The molecule has 0 radical (unpaired) electrons. The van der Waals surface area contributed by atoms with Crippen molar-refractivity contribution in [2.45, 2.75) is 19.9 Å². The molecule has 4 aromatic rings. The van der Waals surface area contributed by atoms with Crippen LogP contribution in [-0.4, -0.2) is 34.9 Å². The molecule has 2 heterocycles. The normalized spacial score (nSPS) is 14.6. The highest BCUT2D eigenvalue weighted by Gasteiger charge is 2.34. The van der Waals surface area contributed by atoms with Gasteiger partial charge in [0.1, 0.15) is 17.5 Å². The van der Waals surface area contributed by atoms with Crippen LogP contribution in [-0.2, 0) is 4.79 Å². The van der Waals surface area contributed by atoms with Gasteiger partial charge in [0.05, 0.1) is 19.8 Å². The lowest BCUT2D eigenvalue weighted by molar-refractivity contribution is -0.113. The third-order valence-electron chi connectivity index (χ3n) is 6.10. The number of carbonyl (C=O) groups is 1. The monoisotopic (exact) mass is 481 g/mol. The maximum absolute atomic E-state index is 13.6. The zero-order valence-electron chi connectivity index (χ0n) is 20.6. The predicted octanol–water partition coefficient (Wildman–Crippen LogP) is 5.20. The zero-order valence-corrected chi connectivity index (χ0v) is 20.6. The first-order valence-corrected chi connectivity index (χ1v) is 11.6. The van der Waals surface area contributed by atoms with Gasteiger partial charge in [-0.1, -0.05) is 48.0 Å². The highest BCUT2D eigenvalue weighted by Crippen LogP contribution is 2.38. The van der Waals surface area contributed by atoms with E-state index in [-0.39, 0.29) is 5.91 Å². The minimum Gasteiger partial charge on any atom is -0.497 e. The molecule has 1 aliphatic rings. The first kappa shape index (κ1) is 23.2. The lowest BCUT2D eigenvalue weighted by Crippen LogP contribution is -2.31. The van der Waals surface area contributed by atoms with Crippen molar-refractivity contribution in [2.75, 3.05) is 24.9 Å². The fourth-order valence-corrected chi connectivity index (χ4v) is 4.37. The lowest BCUT2D eigenvalue weighted by atomic mass is 9.94. The van der Waals surface area contributed by atoms with E-state index < -0.39 is 6.04 Å². The maximum atomic E-state index is 13.6. The van der Waals surface area contributed by atoms with Crippen molar-refractivity contribution in [3.8, 4) is 22.9 Å². The Morgan fingerprint density at radius 1 is 0.944 bits per heavy atom. The molecule has 1 amide bonds. The molecule has 0 saturated carbocycles. The molecule has 5 rings (SSSR count). The van der Waals surface area contributed by atoms with Gasteiger partial charge in [0.25, 0.3) is 5.91 Å². The molecule has 8 nitrogen and oxygen atoms in total. The molecule has 3 aromatic carbocycles. The Morgan fingerprint density at radius 2 is 1.67 bits per heavy atom. The first-order chi connectivity index (χ1) is 17.5. The van der Waals surface area contributed by atoms with Crippen LogP contribution in [0.15, 0.2) is 84.1 Å². The third-order valence-corrected chi connectivity index (χ3v) is 6.10. The summed E-state index contributed by atoms with van der Waals surface area (Å²) in [5.41, 5.74) is 4.77. The van der Waals surface area contributed by atoms with Crippen LogP contribution in [0.4, 0.5) is 11.6 Å². The number of benzene rings is 3. The average molecular weight is 482 g/mol. The lowest BCUT2D eigenvalue weighted by Gasteiger charge is -2.29. The number of ether oxygens (including phenoxy) is 2. The number of rotatable bonds is 6. The minimum atomic E-state index is -0.474. The second-order valence-corrected chi connectivity index (χ2v) is 8.61. The Balaban J connectivity index is 1.62. The molecular formula is C28H27N5O3. The van der Waals surface area contributed by atoms with Crippen LogP contribution in [0.2, 0.25) is 0 Å². The van der Waals surface area contributed by atoms with Gasteiger partial charge in [0.15, 0.2) is 5.82 Å². The Hall–Kier alpha value is -4.59. The summed E-state index contributed by atoms with van der Waals surface area (Å²) in [5, 5.41) is 11.2. The van der Waals surface area contributed by atoms with Crippen molar-refractivity contribution in [2.24, 2.45) is 0 Å². The van der Waals surface area contributed by atoms with Crippen molar-refractivity contribution < 1.29 is 14.3 Å². The van der Waals surface area contributed by atoms with E-state index in [0.29, 0.717) is 34.5 Å². The third kappa shape index (κ3) is 4.40. The fourth-order valence-electron chi connectivity index (χ4n) is 4.37. The Labute approximate surface area is 209 Å². The number of methoxy groups -OCH3 is 2. The smallest absolute Gasteiger partial charge is 0.255 e. The van der Waals surface area contributed by atoms with Crippen molar-refractivity contribution in [3.63, 3.8) is 0 Å². The van der Waals surface area contributed by atoms with E-state index in [1.165, 1.54) is 0 Å². The van der Waals surface area contributed by atoms with Crippen LogP contribution in [0.5, 0.6) is 11.5 Å². The number of hydrogen-bond acceptors (Lipinski definition) is 6. The summed E-state index contributed by atoms with van der Waals surface area (Å²) in [6.07, 6.45) is 0. The number of amides is 1. The van der Waals surface area contributed by atoms with Gasteiger partial charge >= 0.3 is 0 Å². The van der Waals surface area contributed by atoms with E-state index in [1.54, 1.807) is 25.0 Å². The number of anilines is 2. The number of aryl methyl sites for hydroxylation is 1. The molecule has 1 atom stereocenters. The SMILES string of the molecule is COc1cc(OC)cc(-c2nc3n(n2)C(c2cccc(C)c2)C(C(=O)Nc2ccccc2)=C(C)N3)c1. The molecule has 0 spiro atoms. The van der Waals surface area contributed by atoms with Crippen LogP contribution in [0, 0.1) is 6.92 Å². The maximum Gasteiger partial charge on any atom is 0.255 e. The van der Waals surface area contributed by atoms with Crippen molar-refractivity contribution >= 4 is 17.5 Å². The fraction of sp³-hybridized carbons (Fsp3) is 0.179. The molecule has 1 aliphatic heterocycles. The second-order valence-electron chi connectivity index (χ2n) is 8.61. The summed E-state index contributed by atoms with van der Waals surface area (Å²) in [4.78, 5) is 18.4. The van der Waals surface area contributed by atoms with E-state index in [1.807, 2.05) is 74.5 Å². The van der Waals surface area contributed by atoms with Crippen molar-refractivity contribution in [1.29, 1.82) is 0 Å². The van der Waals surface area contributed by atoms with Gasteiger partial charge in [0.2, 0.25) is 5.95 Å². The van der Waals surface area contributed by atoms with Gasteiger partial charge in [-0.3, -0.25) is 4.79 Å². The number of carbonyl (C=O) groups excluding carboxylic acids is 1.